The van der Waals surface area contributed by atoms with Crippen LogP contribution in [0.15, 0.2) is 72.9 Å². The van der Waals surface area contributed by atoms with E-state index in [0.29, 0.717) is 12.4 Å². The Balaban J connectivity index is 1.61. The molecule has 1 N–H and O–H groups in total. The summed E-state index contributed by atoms with van der Waals surface area (Å²) in [5.41, 5.74) is 2.24. The maximum atomic E-state index is 10.4. The number of aromatic nitrogens is 2. The zero-order chi connectivity index (χ0) is 16.4. The monoisotopic (exact) mass is 318 g/mol. The van der Waals surface area contributed by atoms with Gasteiger partial charge in [-0.2, -0.15) is 0 Å². The van der Waals surface area contributed by atoms with Gasteiger partial charge < -0.3 is 14.4 Å². The molecule has 4 aromatic rings. The molecule has 0 aliphatic carbocycles. The number of para-hydroxylation sites is 2. The molecule has 4 heteroatoms. The van der Waals surface area contributed by atoms with Crippen LogP contribution in [0.5, 0.6) is 5.88 Å². The summed E-state index contributed by atoms with van der Waals surface area (Å²) in [6.45, 7) is 0.679. The number of aliphatic hydroxyl groups excluding tert-OH is 1. The van der Waals surface area contributed by atoms with Crippen molar-refractivity contribution in [1.82, 2.24) is 9.55 Å². The summed E-state index contributed by atoms with van der Waals surface area (Å²) >= 11 is 0. The number of fused-ring (bicyclic) bond motifs is 3. The van der Waals surface area contributed by atoms with Gasteiger partial charge in [-0.15, -0.1) is 0 Å². The molecule has 4 nitrogen and oxygen atoms in total. The van der Waals surface area contributed by atoms with Crippen molar-refractivity contribution in [2.45, 2.75) is 12.6 Å². The van der Waals surface area contributed by atoms with Crippen LogP contribution in [0.4, 0.5) is 0 Å². The fourth-order valence-electron chi connectivity index (χ4n) is 3.08. The van der Waals surface area contributed by atoms with E-state index >= 15 is 0 Å². The van der Waals surface area contributed by atoms with Gasteiger partial charge in [0.2, 0.25) is 5.88 Å². The molecule has 1 atom stereocenters. The third kappa shape index (κ3) is 2.72. The van der Waals surface area contributed by atoms with Crippen molar-refractivity contribution in [3.63, 3.8) is 0 Å². The first-order chi connectivity index (χ1) is 11.8. The number of ether oxygens (including phenoxy) is 1. The van der Waals surface area contributed by atoms with Gasteiger partial charge >= 0.3 is 0 Å². The molecule has 0 saturated heterocycles. The zero-order valence-electron chi connectivity index (χ0n) is 13.2. The average molecular weight is 318 g/mol. The van der Waals surface area contributed by atoms with E-state index in [0.717, 1.165) is 11.0 Å². The fourth-order valence-corrected chi connectivity index (χ4v) is 3.08. The third-order valence-corrected chi connectivity index (χ3v) is 4.13. The van der Waals surface area contributed by atoms with Gasteiger partial charge in [0.05, 0.1) is 6.54 Å². The topological polar surface area (TPSA) is 47.3 Å². The van der Waals surface area contributed by atoms with Gasteiger partial charge in [-0.05, 0) is 18.2 Å². The number of benzene rings is 2. The van der Waals surface area contributed by atoms with Crippen LogP contribution in [0.3, 0.4) is 0 Å². The zero-order valence-corrected chi connectivity index (χ0v) is 13.2. The second kappa shape index (κ2) is 6.34. The first-order valence-electron chi connectivity index (χ1n) is 8.01. The van der Waals surface area contributed by atoms with Gasteiger partial charge in [0.25, 0.3) is 0 Å². The van der Waals surface area contributed by atoms with E-state index in [1.54, 1.807) is 12.3 Å². The number of nitrogens with zero attached hydrogens (tertiary/aromatic N) is 2. The van der Waals surface area contributed by atoms with Gasteiger partial charge in [0.1, 0.15) is 12.7 Å². The van der Waals surface area contributed by atoms with Crippen molar-refractivity contribution < 1.29 is 9.84 Å². The largest absolute Gasteiger partial charge is 0.475 e. The van der Waals surface area contributed by atoms with Crippen molar-refractivity contribution >= 4 is 21.8 Å². The highest BCUT2D eigenvalue weighted by Crippen LogP contribution is 2.28. The van der Waals surface area contributed by atoms with Crippen molar-refractivity contribution in [1.29, 1.82) is 0 Å². The molecular formula is C20H18N2O2. The number of pyridine rings is 1. The Morgan fingerprint density at radius 3 is 2.12 bits per heavy atom. The summed E-state index contributed by atoms with van der Waals surface area (Å²) in [5.74, 6) is 0.527. The lowest BCUT2D eigenvalue weighted by Gasteiger charge is -2.14. The Bertz CT molecular complexity index is 910. The third-order valence-electron chi connectivity index (χ3n) is 4.13. The highest BCUT2D eigenvalue weighted by Gasteiger charge is 2.13. The van der Waals surface area contributed by atoms with Gasteiger partial charge in [-0.25, -0.2) is 4.98 Å². The minimum Gasteiger partial charge on any atom is -0.475 e. The molecule has 1 unspecified atom stereocenters. The quantitative estimate of drug-likeness (QED) is 0.611. The van der Waals surface area contributed by atoms with E-state index < -0.39 is 6.10 Å². The van der Waals surface area contributed by atoms with Crippen molar-refractivity contribution in [2.24, 2.45) is 0 Å². The predicted octanol–water partition coefficient (Wildman–Crippen LogP) is 3.63. The molecule has 2 aromatic heterocycles. The van der Waals surface area contributed by atoms with Crippen LogP contribution in [-0.4, -0.2) is 27.4 Å². The molecule has 0 saturated carbocycles. The van der Waals surface area contributed by atoms with E-state index in [-0.39, 0.29) is 6.61 Å². The first kappa shape index (κ1) is 14.7. The Morgan fingerprint density at radius 2 is 1.50 bits per heavy atom. The Labute approximate surface area is 139 Å². The molecule has 0 amide bonds. The number of hydrogen-bond donors (Lipinski definition) is 1. The molecule has 0 radical (unpaired) electrons. The van der Waals surface area contributed by atoms with E-state index in [1.807, 2.05) is 36.4 Å². The molecule has 2 heterocycles. The van der Waals surface area contributed by atoms with Gasteiger partial charge in [-0.3, -0.25) is 0 Å². The number of aliphatic hydroxyl groups is 1. The molecule has 120 valence electrons. The van der Waals surface area contributed by atoms with Gasteiger partial charge in [0.15, 0.2) is 0 Å². The molecule has 0 aliphatic heterocycles. The number of hydrogen-bond acceptors (Lipinski definition) is 3. The molecule has 2 aromatic carbocycles. The second-order valence-corrected chi connectivity index (χ2v) is 5.78. The Hall–Kier alpha value is -2.85. The molecule has 4 rings (SSSR count). The summed E-state index contributed by atoms with van der Waals surface area (Å²) in [6.07, 6.45) is 1.06. The molecule has 0 aliphatic rings. The lowest BCUT2D eigenvalue weighted by Crippen LogP contribution is -2.23. The summed E-state index contributed by atoms with van der Waals surface area (Å²) < 4.78 is 7.72. The summed E-state index contributed by atoms with van der Waals surface area (Å²) in [6, 6.07) is 22.0. The van der Waals surface area contributed by atoms with E-state index in [9.17, 15) is 5.11 Å². The van der Waals surface area contributed by atoms with Crippen LogP contribution in [0.2, 0.25) is 0 Å². The number of rotatable bonds is 5. The van der Waals surface area contributed by atoms with Crippen LogP contribution in [-0.2, 0) is 6.54 Å². The summed E-state index contributed by atoms with van der Waals surface area (Å²) in [7, 11) is 0. The molecule has 24 heavy (non-hydrogen) atoms. The summed E-state index contributed by atoms with van der Waals surface area (Å²) in [5, 5.41) is 12.8. The van der Waals surface area contributed by atoms with Crippen molar-refractivity contribution in [3.05, 3.63) is 72.9 Å². The standard InChI is InChI=1S/C20H18N2O2/c23-15(14-24-20-11-5-6-12-21-20)13-22-18-9-3-1-7-16(18)17-8-2-4-10-19(17)22/h1-12,15,23H,13-14H2. The fraction of sp³-hybridized carbons (Fsp3) is 0.150. The smallest absolute Gasteiger partial charge is 0.213 e. The van der Waals surface area contributed by atoms with E-state index in [2.05, 4.69) is 33.8 Å². The van der Waals surface area contributed by atoms with E-state index in [4.69, 9.17) is 4.74 Å². The lowest BCUT2D eigenvalue weighted by atomic mass is 10.2. The summed E-state index contributed by atoms with van der Waals surface area (Å²) in [4.78, 5) is 4.11. The lowest BCUT2D eigenvalue weighted by molar-refractivity contribution is 0.0922. The van der Waals surface area contributed by atoms with Crippen LogP contribution in [0, 0.1) is 0 Å². The Kier molecular flexibility index (Phi) is 3.89. The maximum absolute atomic E-state index is 10.4. The van der Waals surface area contributed by atoms with Crippen molar-refractivity contribution in [2.75, 3.05) is 6.61 Å². The molecule has 0 spiro atoms. The van der Waals surface area contributed by atoms with Gasteiger partial charge in [-0.1, -0.05) is 42.5 Å². The van der Waals surface area contributed by atoms with Gasteiger partial charge in [0, 0.05) is 34.1 Å². The average Bonchev–Trinajstić information content (AvgIpc) is 2.95. The Morgan fingerprint density at radius 1 is 0.875 bits per heavy atom. The van der Waals surface area contributed by atoms with Crippen LogP contribution in [0.25, 0.3) is 21.8 Å². The van der Waals surface area contributed by atoms with Crippen molar-refractivity contribution in [3.8, 4) is 5.88 Å². The minimum absolute atomic E-state index is 0.206. The molecule has 0 fully saturated rings. The second-order valence-electron chi connectivity index (χ2n) is 5.78. The SMILES string of the molecule is OC(COc1ccccn1)Cn1c2ccccc2c2ccccc21. The predicted molar refractivity (Wildman–Crippen MR) is 95.2 cm³/mol. The first-order valence-corrected chi connectivity index (χ1v) is 8.01. The molecular weight excluding hydrogens is 300 g/mol. The highest BCUT2D eigenvalue weighted by molar-refractivity contribution is 6.07. The van der Waals surface area contributed by atoms with E-state index in [1.165, 1.54) is 10.8 Å². The maximum Gasteiger partial charge on any atom is 0.213 e. The normalized spacial score (nSPS) is 12.5. The molecule has 0 bridgehead atoms. The van der Waals surface area contributed by atoms with Crippen LogP contribution < -0.4 is 4.74 Å². The minimum atomic E-state index is -0.619. The van der Waals surface area contributed by atoms with Crippen LogP contribution >= 0.6 is 0 Å². The van der Waals surface area contributed by atoms with Crippen LogP contribution in [0.1, 0.15) is 0 Å². The highest BCUT2D eigenvalue weighted by atomic mass is 16.5.